The van der Waals surface area contributed by atoms with Gasteiger partial charge in [-0.15, -0.1) is 0 Å². The number of Topliss-reactive ketones (excluding diaryl/α,β-unsaturated/α-hetero) is 1. The molecular formula is C20H18FN3O3. The molecule has 7 heteroatoms. The van der Waals surface area contributed by atoms with Gasteiger partial charge in [0.2, 0.25) is 5.78 Å². The zero-order valence-corrected chi connectivity index (χ0v) is 15.2. The maximum absolute atomic E-state index is 14.1. The number of halogens is 1. The standard InChI is InChI=1S/C20H18FN3O3/c1-12-9-23-17(10-22-12)20(26)27-11-19(25)15-8-13(2)24(14(15)3)18-7-5-4-6-16(18)21/h4-10H,11H2,1-3H3. The van der Waals surface area contributed by atoms with Crippen molar-refractivity contribution in [2.24, 2.45) is 0 Å². The molecule has 0 spiro atoms. The van der Waals surface area contributed by atoms with Crippen LogP contribution in [0.15, 0.2) is 42.7 Å². The summed E-state index contributed by atoms with van der Waals surface area (Å²) in [5.74, 6) is -1.49. The van der Waals surface area contributed by atoms with E-state index in [-0.39, 0.29) is 17.3 Å². The Morgan fingerprint density at radius 2 is 1.85 bits per heavy atom. The Balaban J connectivity index is 1.78. The maximum atomic E-state index is 14.1. The Morgan fingerprint density at radius 1 is 1.11 bits per heavy atom. The van der Waals surface area contributed by atoms with Gasteiger partial charge >= 0.3 is 5.97 Å². The molecule has 0 atom stereocenters. The average Bonchev–Trinajstić information content (AvgIpc) is 2.95. The van der Waals surface area contributed by atoms with Gasteiger partial charge in [-0.25, -0.2) is 14.2 Å². The van der Waals surface area contributed by atoms with Gasteiger partial charge in [0.05, 0.1) is 17.6 Å². The lowest BCUT2D eigenvalue weighted by atomic mass is 10.1. The number of carbonyl (C=O) groups excluding carboxylic acids is 2. The molecule has 0 N–H and O–H groups in total. The van der Waals surface area contributed by atoms with Crippen LogP contribution in [0.5, 0.6) is 0 Å². The summed E-state index contributed by atoms with van der Waals surface area (Å²) in [4.78, 5) is 32.4. The molecule has 3 rings (SSSR count). The fourth-order valence-electron chi connectivity index (χ4n) is 2.83. The topological polar surface area (TPSA) is 74.1 Å². The second-order valence-electron chi connectivity index (χ2n) is 6.11. The molecule has 6 nitrogen and oxygen atoms in total. The molecule has 0 aliphatic rings. The smallest absolute Gasteiger partial charge is 0.358 e. The number of carbonyl (C=O) groups is 2. The monoisotopic (exact) mass is 367 g/mol. The maximum Gasteiger partial charge on any atom is 0.358 e. The summed E-state index contributed by atoms with van der Waals surface area (Å²) in [6.07, 6.45) is 2.74. The van der Waals surface area contributed by atoms with Crippen molar-refractivity contribution in [3.63, 3.8) is 0 Å². The van der Waals surface area contributed by atoms with E-state index in [0.717, 1.165) is 0 Å². The number of ketones is 1. The molecule has 0 bridgehead atoms. The van der Waals surface area contributed by atoms with Crippen LogP contribution in [0.3, 0.4) is 0 Å². The highest BCUT2D eigenvalue weighted by molar-refractivity contribution is 6.00. The molecule has 2 aromatic heterocycles. The molecule has 0 saturated heterocycles. The van der Waals surface area contributed by atoms with Crippen molar-refractivity contribution in [3.05, 3.63) is 76.9 Å². The predicted molar refractivity (Wildman–Crippen MR) is 96.6 cm³/mol. The van der Waals surface area contributed by atoms with Crippen LogP contribution < -0.4 is 0 Å². The fraction of sp³-hybridized carbons (Fsp3) is 0.200. The number of para-hydroxylation sites is 1. The van der Waals surface area contributed by atoms with Gasteiger partial charge in [0, 0.05) is 23.1 Å². The summed E-state index contributed by atoms with van der Waals surface area (Å²) in [6, 6.07) is 7.99. The number of ether oxygens (including phenoxy) is 1. The summed E-state index contributed by atoms with van der Waals surface area (Å²) in [5.41, 5.74) is 2.72. The molecular weight excluding hydrogens is 349 g/mol. The molecule has 0 aliphatic carbocycles. The third-order valence-electron chi connectivity index (χ3n) is 4.15. The van der Waals surface area contributed by atoms with Crippen molar-refractivity contribution in [2.45, 2.75) is 20.8 Å². The number of aromatic nitrogens is 3. The van der Waals surface area contributed by atoms with Crippen molar-refractivity contribution < 1.29 is 18.7 Å². The molecule has 138 valence electrons. The quantitative estimate of drug-likeness (QED) is 0.511. The lowest BCUT2D eigenvalue weighted by Crippen LogP contribution is -2.16. The Kier molecular flexibility index (Phi) is 5.12. The lowest BCUT2D eigenvalue weighted by molar-refractivity contribution is 0.0468. The summed E-state index contributed by atoms with van der Waals surface area (Å²) in [6.45, 7) is 4.82. The summed E-state index contributed by atoms with van der Waals surface area (Å²) in [7, 11) is 0. The number of aryl methyl sites for hydroxylation is 2. The van der Waals surface area contributed by atoms with Crippen molar-refractivity contribution in [2.75, 3.05) is 6.61 Å². The molecule has 0 unspecified atom stereocenters. The molecule has 0 radical (unpaired) electrons. The first-order valence-electron chi connectivity index (χ1n) is 8.31. The van der Waals surface area contributed by atoms with E-state index in [0.29, 0.717) is 28.3 Å². The van der Waals surface area contributed by atoms with Gasteiger partial charge in [-0.2, -0.15) is 0 Å². The third-order valence-corrected chi connectivity index (χ3v) is 4.15. The minimum atomic E-state index is -0.723. The zero-order chi connectivity index (χ0) is 19.6. The number of hydrogen-bond acceptors (Lipinski definition) is 5. The first-order chi connectivity index (χ1) is 12.9. The molecule has 27 heavy (non-hydrogen) atoms. The van der Waals surface area contributed by atoms with E-state index >= 15 is 0 Å². The van der Waals surface area contributed by atoms with Gasteiger partial charge in [-0.1, -0.05) is 12.1 Å². The van der Waals surface area contributed by atoms with Crippen LogP contribution in [-0.2, 0) is 4.74 Å². The van der Waals surface area contributed by atoms with Crippen molar-refractivity contribution in [1.29, 1.82) is 0 Å². The van der Waals surface area contributed by atoms with Crippen LogP contribution in [0.2, 0.25) is 0 Å². The molecule has 0 fully saturated rings. The van der Waals surface area contributed by atoms with Crippen LogP contribution >= 0.6 is 0 Å². The van der Waals surface area contributed by atoms with Crippen molar-refractivity contribution >= 4 is 11.8 Å². The number of esters is 1. The predicted octanol–water partition coefficient (Wildman–Crippen LogP) is 3.37. The lowest BCUT2D eigenvalue weighted by Gasteiger charge is -2.10. The van der Waals surface area contributed by atoms with Crippen LogP contribution in [0, 0.1) is 26.6 Å². The van der Waals surface area contributed by atoms with Gasteiger partial charge in [0.25, 0.3) is 0 Å². The SMILES string of the molecule is Cc1cnc(C(=O)OCC(=O)c2cc(C)n(-c3ccccc3F)c2C)cn1. The van der Waals surface area contributed by atoms with E-state index in [1.54, 1.807) is 49.6 Å². The summed E-state index contributed by atoms with van der Waals surface area (Å²) in [5, 5.41) is 0. The Hall–Kier alpha value is -3.35. The molecule has 0 aliphatic heterocycles. The summed E-state index contributed by atoms with van der Waals surface area (Å²) >= 11 is 0. The van der Waals surface area contributed by atoms with Crippen LogP contribution in [-0.4, -0.2) is 32.9 Å². The molecule has 3 aromatic rings. The van der Waals surface area contributed by atoms with E-state index in [2.05, 4.69) is 9.97 Å². The second kappa shape index (κ2) is 7.49. The largest absolute Gasteiger partial charge is 0.453 e. The number of rotatable bonds is 5. The van der Waals surface area contributed by atoms with E-state index in [1.807, 2.05) is 0 Å². The first-order valence-corrected chi connectivity index (χ1v) is 8.31. The number of benzene rings is 1. The van der Waals surface area contributed by atoms with Crippen LogP contribution in [0.25, 0.3) is 5.69 Å². The summed E-state index contributed by atoms with van der Waals surface area (Å²) < 4.78 is 20.8. The number of nitrogens with zero attached hydrogens (tertiary/aromatic N) is 3. The van der Waals surface area contributed by atoms with E-state index in [1.165, 1.54) is 18.5 Å². The molecule has 2 heterocycles. The second-order valence-corrected chi connectivity index (χ2v) is 6.11. The fourth-order valence-corrected chi connectivity index (χ4v) is 2.83. The minimum Gasteiger partial charge on any atom is -0.453 e. The van der Waals surface area contributed by atoms with Crippen LogP contribution in [0.1, 0.15) is 37.9 Å². The normalized spacial score (nSPS) is 10.7. The highest BCUT2D eigenvalue weighted by Crippen LogP contribution is 2.23. The molecule has 0 amide bonds. The highest BCUT2D eigenvalue weighted by Gasteiger charge is 2.20. The van der Waals surface area contributed by atoms with E-state index in [9.17, 15) is 14.0 Å². The molecule has 0 saturated carbocycles. The first kappa shape index (κ1) is 18.4. The third kappa shape index (κ3) is 3.76. The highest BCUT2D eigenvalue weighted by atomic mass is 19.1. The number of hydrogen-bond donors (Lipinski definition) is 0. The van der Waals surface area contributed by atoms with Gasteiger partial charge in [0.1, 0.15) is 5.82 Å². The van der Waals surface area contributed by atoms with Crippen LogP contribution in [0.4, 0.5) is 4.39 Å². The van der Waals surface area contributed by atoms with Crippen molar-refractivity contribution in [1.82, 2.24) is 14.5 Å². The van der Waals surface area contributed by atoms with Crippen molar-refractivity contribution in [3.8, 4) is 5.69 Å². The molecule has 1 aromatic carbocycles. The minimum absolute atomic E-state index is 0.0326. The van der Waals surface area contributed by atoms with Gasteiger partial charge in [0.15, 0.2) is 12.3 Å². The van der Waals surface area contributed by atoms with E-state index < -0.39 is 12.6 Å². The Morgan fingerprint density at radius 3 is 2.52 bits per heavy atom. The van der Waals surface area contributed by atoms with Gasteiger partial charge in [-0.3, -0.25) is 9.78 Å². The van der Waals surface area contributed by atoms with Gasteiger partial charge < -0.3 is 9.30 Å². The van der Waals surface area contributed by atoms with E-state index in [4.69, 9.17) is 4.74 Å². The zero-order valence-electron chi connectivity index (χ0n) is 15.2. The van der Waals surface area contributed by atoms with Gasteiger partial charge in [-0.05, 0) is 39.0 Å². The Bertz CT molecular complexity index is 1010. The average molecular weight is 367 g/mol. The Labute approximate surface area is 155 Å².